The van der Waals surface area contributed by atoms with Crippen LogP contribution in [0.25, 0.3) is 0 Å². The molecule has 1 aromatic carbocycles. The fraction of sp³-hybridized carbons (Fsp3) is 0.333. The number of nitrogens with zero attached hydrogens (tertiary/aromatic N) is 2. The van der Waals surface area contributed by atoms with Gasteiger partial charge in [0.25, 0.3) is 0 Å². The van der Waals surface area contributed by atoms with Gasteiger partial charge in [0, 0.05) is 17.8 Å². The molecular formula is C15H18N4O2S2. The van der Waals surface area contributed by atoms with E-state index in [0.717, 1.165) is 16.0 Å². The molecule has 23 heavy (non-hydrogen) atoms. The highest BCUT2D eigenvalue weighted by molar-refractivity contribution is 8.02. The van der Waals surface area contributed by atoms with Crippen molar-refractivity contribution in [1.29, 1.82) is 0 Å². The van der Waals surface area contributed by atoms with Crippen molar-refractivity contribution in [2.24, 2.45) is 0 Å². The first-order chi connectivity index (χ1) is 11.0. The van der Waals surface area contributed by atoms with E-state index in [1.54, 1.807) is 24.3 Å². The average molecular weight is 350 g/mol. The lowest BCUT2D eigenvalue weighted by atomic mass is 10.1. The van der Waals surface area contributed by atoms with Crippen LogP contribution in [0.5, 0.6) is 0 Å². The molecule has 0 aliphatic heterocycles. The molecule has 1 atom stereocenters. The third-order valence-corrected chi connectivity index (χ3v) is 4.98. The molecule has 0 saturated carbocycles. The summed E-state index contributed by atoms with van der Waals surface area (Å²) in [5.74, 6) is -0.177. The number of carbonyl (C=O) groups excluding carboxylic acids is 2. The van der Waals surface area contributed by atoms with Crippen molar-refractivity contribution in [3.63, 3.8) is 0 Å². The van der Waals surface area contributed by atoms with Gasteiger partial charge >= 0.3 is 0 Å². The van der Waals surface area contributed by atoms with Crippen molar-refractivity contribution >= 4 is 45.6 Å². The Morgan fingerprint density at radius 1 is 1.35 bits per heavy atom. The highest BCUT2D eigenvalue weighted by Crippen LogP contribution is 2.29. The maximum atomic E-state index is 12.3. The summed E-state index contributed by atoms with van der Waals surface area (Å²) < 4.78 is 0.737. The molecule has 6 nitrogen and oxygen atoms in total. The molecule has 8 heteroatoms. The van der Waals surface area contributed by atoms with Crippen LogP contribution in [0.2, 0.25) is 0 Å². The van der Waals surface area contributed by atoms with Crippen molar-refractivity contribution in [3.8, 4) is 0 Å². The van der Waals surface area contributed by atoms with Crippen LogP contribution in [0.15, 0.2) is 28.6 Å². The normalized spacial score (nSPS) is 11.8. The summed E-state index contributed by atoms with van der Waals surface area (Å²) in [7, 11) is 0. The molecule has 0 fully saturated rings. The van der Waals surface area contributed by atoms with Crippen LogP contribution in [0.4, 0.5) is 10.8 Å². The van der Waals surface area contributed by atoms with Crippen LogP contribution in [0.3, 0.4) is 0 Å². The van der Waals surface area contributed by atoms with Gasteiger partial charge in [0.1, 0.15) is 0 Å². The lowest BCUT2D eigenvalue weighted by molar-refractivity contribution is -0.115. The molecule has 122 valence electrons. The maximum Gasteiger partial charge on any atom is 0.237 e. The third kappa shape index (κ3) is 5.04. The minimum Gasteiger partial charge on any atom is -0.360 e. The topological polar surface area (TPSA) is 84.0 Å². The zero-order valence-corrected chi connectivity index (χ0v) is 14.8. The van der Waals surface area contributed by atoms with E-state index in [0.29, 0.717) is 11.3 Å². The molecule has 1 aromatic heterocycles. The summed E-state index contributed by atoms with van der Waals surface area (Å²) in [4.78, 5) is 23.6. The Balaban J connectivity index is 1.96. The first-order valence-electron chi connectivity index (χ1n) is 7.15. The number of hydrogen-bond acceptors (Lipinski definition) is 7. The molecule has 0 aliphatic rings. The van der Waals surface area contributed by atoms with Gasteiger partial charge in [0.05, 0.1) is 5.25 Å². The fourth-order valence-electron chi connectivity index (χ4n) is 1.74. The third-order valence-electron chi connectivity index (χ3n) is 2.92. The lowest BCUT2D eigenvalue weighted by Crippen LogP contribution is -2.22. The molecule has 0 spiro atoms. The second kappa shape index (κ2) is 8.07. The van der Waals surface area contributed by atoms with Gasteiger partial charge in [-0.1, -0.05) is 35.2 Å². The number of thioether (sulfide) groups is 1. The largest absolute Gasteiger partial charge is 0.360 e. The summed E-state index contributed by atoms with van der Waals surface area (Å²) in [6.45, 7) is 6.07. The van der Waals surface area contributed by atoms with Crippen LogP contribution in [-0.2, 0) is 4.79 Å². The number of carbonyl (C=O) groups is 2. The van der Waals surface area contributed by atoms with Crippen molar-refractivity contribution in [2.45, 2.75) is 30.4 Å². The minimum absolute atomic E-state index is 0.0339. The quantitative estimate of drug-likeness (QED) is 0.589. The molecule has 2 rings (SSSR count). The molecular weight excluding hydrogens is 332 g/mol. The van der Waals surface area contributed by atoms with Gasteiger partial charge in [-0.25, -0.2) is 0 Å². The van der Waals surface area contributed by atoms with Crippen LogP contribution >= 0.6 is 23.1 Å². The minimum atomic E-state index is -0.321. The van der Waals surface area contributed by atoms with E-state index in [4.69, 9.17) is 0 Å². The monoisotopic (exact) mass is 350 g/mol. The highest BCUT2D eigenvalue weighted by Gasteiger charge is 2.17. The van der Waals surface area contributed by atoms with Gasteiger partial charge in [-0.3, -0.25) is 9.59 Å². The molecule has 0 unspecified atom stereocenters. The number of ketones is 1. The van der Waals surface area contributed by atoms with E-state index in [9.17, 15) is 9.59 Å². The second-order valence-electron chi connectivity index (χ2n) is 4.79. The number of rotatable bonds is 7. The Labute approximate surface area is 143 Å². The van der Waals surface area contributed by atoms with Gasteiger partial charge < -0.3 is 10.6 Å². The zero-order chi connectivity index (χ0) is 16.8. The summed E-state index contributed by atoms with van der Waals surface area (Å²) in [5, 5.41) is 14.4. The van der Waals surface area contributed by atoms with Gasteiger partial charge in [-0.2, -0.15) is 0 Å². The number of anilines is 2. The summed E-state index contributed by atoms with van der Waals surface area (Å²) in [5.41, 5.74) is 1.18. The maximum absolute atomic E-state index is 12.3. The standard InChI is InChI=1S/C15H18N4O2S2/c1-4-16-14-18-19-15(23-14)22-10(3)13(21)17-12-7-5-6-11(8-12)9(2)20/h5-8,10H,4H2,1-3H3,(H,16,18)(H,17,21)/t10-/m1/s1. The van der Waals surface area contributed by atoms with Crippen LogP contribution in [0, 0.1) is 0 Å². The molecule has 0 bridgehead atoms. The smallest absolute Gasteiger partial charge is 0.237 e. The van der Waals surface area contributed by atoms with Crippen molar-refractivity contribution in [3.05, 3.63) is 29.8 Å². The number of amides is 1. The van der Waals surface area contributed by atoms with Crippen LogP contribution < -0.4 is 10.6 Å². The van der Waals surface area contributed by atoms with E-state index in [1.165, 1.54) is 30.0 Å². The zero-order valence-electron chi connectivity index (χ0n) is 13.1. The lowest BCUT2D eigenvalue weighted by Gasteiger charge is -2.10. The molecule has 1 heterocycles. The number of aromatic nitrogens is 2. The number of Topliss-reactive ketones (excluding diaryl/α,β-unsaturated/α-hetero) is 1. The van der Waals surface area contributed by atoms with E-state index in [1.807, 2.05) is 13.8 Å². The average Bonchev–Trinajstić information content (AvgIpc) is 2.95. The Hall–Kier alpha value is -1.93. The van der Waals surface area contributed by atoms with Gasteiger partial charge in [0.15, 0.2) is 10.1 Å². The first kappa shape index (κ1) is 17.4. The van der Waals surface area contributed by atoms with E-state index < -0.39 is 0 Å². The summed E-state index contributed by atoms with van der Waals surface area (Å²) in [6, 6.07) is 6.90. The predicted molar refractivity (Wildman–Crippen MR) is 94.5 cm³/mol. The van der Waals surface area contributed by atoms with Crippen molar-refractivity contribution in [1.82, 2.24) is 10.2 Å². The van der Waals surface area contributed by atoms with Gasteiger partial charge in [-0.05, 0) is 32.9 Å². The van der Waals surface area contributed by atoms with Gasteiger partial charge in [0.2, 0.25) is 11.0 Å². The first-order valence-corrected chi connectivity index (χ1v) is 8.85. The summed E-state index contributed by atoms with van der Waals surface area (Å²) in [6.07, 6.45) is 0. The molecule has 0 aliphatic carbocycles. The van der Waals surface area contributed by atoms with Gasteiger partial charge in [-0.15, -0.1) is 10.2 Å². The van der Waals surface area contributed by atoms with Crippen LogP contribution in [0.1, 0.15) is 31.1 Å². The Morgan fingerprint density at radius 3 is 2.83 bits per heavy atom. The SMILES string of the molecule is CCNc1nnc(S[C@H](C)C(=O)Nc2cccc(C(C)=O)c2)s1. The molecule has 2 aromatic rings. The Morgan fingerprint density at radius 2 is 2.13 bits per heavy atom. The molecule has 2 N–H and O–H groups in total. The van der Waals surface area contributed by atoms with E-state index in [2.05, 4.69) is 20.8 Å². The van der Waals surface area contributed by atoms with Crippen LogP contribution in [-0.4, -0.2) is 33.7 Å². The molecule has 1 amide bonds. The number of hydrogen-bond donors (Lipinski definition) is 2. The molecule has 0 saturated heterocycles. The van der Waals surface area contributed by atoms with Crippen molar-refractivity contribution < 1.29 is 9.59 Å². The van der Waals surface area contributed by atoms with E-state index in [-0.39, 0.29) is 16.9 Å². The second-order valence-corrected chi connectivity index (χ2v) is 7.36. The molecule has 0 radical (unpaired) electrons. The van der Waals surface area contributed by atoms with Crippen molar-refractivity contribution in [2.75, 3.05) is 17.2 Å². The Bertz CT molecular complexity index is 702. The number of nitrogens with one attached hydrogen (secondary N) is 2. The predicted octanol–water partition coefficient (Wildman–Crippen LogP) is 3.29. The fourth-order valence-corrected chi connectivity index (χ4v) is 3.71. The van der Waals surface area contributed by atoms with E-state index >= 15 is 0 Å². The number of benzene rings is 1. The highest BCUT2D eigenvalue weighted by atomic mass is 32.2. The summed E-state index contributed by atoms with van der Waals surface area (Å²) >= 11 is 2.77. The Kier molecular flexibility index (Phi) is 6.12.